The van der Waals surface area contributed by atoms with Crippen LogP contribution in [0.2, 0.25) is 0 Å². The SMILES string of the molecule is CCc1cc(C(=O)NCCCCN2CCN(Cc3ccccc3)CC2)sc1C. The van der Waals surface area contributed by atoms with E-state index < -0.39 is 0 Å². The monoisotopic (exact) mass is 399 g/mol. The highest BCUT2D eigenvalue weighted by atomic mass is 32.1. The summed E-state index contributed by atoms with van der Waals surface area (Å²) < 4.78 is 0. The fourth-order valence-electron chi connectivity index (χ4n) is 3.74. The number of carbonyl (C=O) groups is 1. The molecule has 152 valence electrons. The van der Waals surface area contributed by atoms with E-state index in [4.69, 9.17) is 0 Å². The molecule has 1 aliphatic heterocycles. The van der Waals surface area contributed by atoms with Crippen molar-refractivity contribution in [3.8, 4) is 0 Å². The van der Waals surface area contributed by atoms with Gasteiger partial charge in [-0.2, -0.15) is 0 Å². The highest BCUT2D eigenvalue weighted by molar-refractivity contribution is 7.14. The quantitative estimate of drug-likeness (QED) is 0.649. The van der Waals surface area contributed by atoms with Gasteiger partial charge in [0.1, 0.15) is 0 Å². The minimum atomic E-state index is 0.0855. The maximum absolute atomic E-state index is 12.3. The second-order valence-electron chi connectivity index (χ2n) is 7.61. The van der Waals surface area contributed by atoms with Crippen LogP contribution in [-0.2, 0) is 13.0 Å². The third-order valence-corrected chi connectivity index (χ3v) is 6.62. The van der Waals surface area contributed by atoms with Crippen LogP contribution in [0.5, 0.6) is 0 Å². The largest absolute Gasteiger partial charge is 0.351 e. The predicted molar refractivity (Wildman–Crippen MR) is 118 cm³/mol. The topological polar surface area (TPSA) is 35.6 Å². The van der Waals surface area contributed by atoms with Crippen molar-refractivity contribution < 1.29 is 4.79 Å². The Balaban J connectivity index is 1.27. The van der Waals surface area contributed by atoms with Gasteiger partial charge in [-0.25, -0.2) is 0 Å². The number of unbranched alkanes of at least 4 members (excludes halogenated alkanes) is 1. The summed E-state index contributed by atoms with van der Waals surface area (Å²) >= 11 is 1.61. The number of nitrogens with one attached hydrogen (secondary N) is 1. The van der Waals surface area contributed by atoms with Crippen LogP contribution >= 0.6 is 11.3 Å². The van der Waals surface area contributed by atoms with Crippen LogP contribution in [0.4, 0.5) is 0 Å². The lowest BCUT2D eigenvalue weighted by molar-refractivity contribution is 0.0955. The van der Waals surface area contributed by atoms with Gasteiger partial charge in [-0.3, -0.25) is 9.69 Å². The maximum Gasteiger partial charge on any atom is 0.261 e. The second-order valence-corrected chi connectivity index (χ2v) is 8.87. The van der Waals surface area contributed by atoms with Crippen LogP contribution in [0.1, 0.15) is 45.4 Å². The number of hydrogen-bond donors (Lipinski definition) is 1. The fourth-order valence-corrected chi connectivity index (χ4v) is 4.78. The zero-order valence-corrected chi connectivity index (χ0v) is 18.1. The highest BCUT2D eigenvalue weighted by Gasteiger charge is 2.16. The van der Waals surface area contributed by atoms with Crippen molar-refractivity contribution in [3.05, 3.63) is 57.3 Å². The van der Waals surface area contributed by atoms with E-state index in [0.29, 0.717) is 0 Å². The molecule has 0 spiro atoms. The Morgan fingerprint density at radius 1 is 1.07 bits per heavy atom. The number of piperazine rings is 1. The number of amides is 1. The summed E-state index contributed by atoms with van der Waals surface area (Å²) in [6.07, 6.45) is 3.18. The van der Waals surface area contributed by atoms with Gasteiger partial charge < -0.3 is 10.2 Å². The van der Waals surface area contributed by atoms with Gasteiger partial charge in [0.05, 0.1) is 4.88 Å². The summed E-state index contributed by atoms with van der Waals surface area (Å²) in [4.78, 5) is 19.5. The molecule has 0 atom stereocenters. The Bertz CT molecular complexity index is 736. The van der Waals surface area contributed by atoms with E-state index in [9.17, 15) is 4.79 Å². The lowest BCUT2D eigenvalue weighted by atomic mass is 10.2. The maximum atomic E-state index is 12.3. The molecule has 0 unspecified atom stereocenters. The van der Waals surface area contributed by atoms with Crippen molar-refractivity contribution in [1.82, 2.24) is 15.1 Å². The predicted octanol–water partition coefficient (Wildman–Crippen LogP) is 3.95. The first-order valence-electron chi connectivity index (χ1n) is 10.5. The summed E-state index contributed by atoms with van der Waals surface area (Å²) in [5, 5.41) is 3.08. The van der Waals surface area contributed by atoms with Crippen LogP contribution in [0.3, 0.4) is 0 Å². The zero-order chi connectivity index (χ0) is 19.8. The molecule has 3 rings (SSSR count). The molecular formula is C23H33N3OS. The van der Waals surface area contributed by atoms with Gasteiger partial charge in [0.25, 0.3) is 5.91 Å². The standard InChI is InChI=1S/C23H33N3OS/c1-3-21-17-22(28-19(21)2)23(27)24-11-7-8-12-25-13-15-26(16-14-25)18-20-9-5-4-6-10-20/h4-6,9-10,17H,3,7-8,11-16,18H2,1-2H3,(H,24,27). The van der Waals surface area contributed by atoms with Crippen LogP contribution in [-0.4, -0.2) is 55.0 Å². The molecular weight excluding hydrogens is 366 g/mol. The van der Waals surface area contributed by atoms with E-state index in [1.807, 2.05) is 6.07 Å². The lowest BCUT2D eigenvalue weighted by Gasteiger charge is -2.34. The molecule has 1 fully saturated rings. The minimum absolute atomic E-state index is 0.0855. The smallest absolute Gasteiger partial charge is 0.261 e. The molecule has 1 aromatic carbocycles. The minimum Gasteiger partial charge on any atom is -0.351 e. The van der Waals surface area contributed by atoms with Gasteiger partial charge in [0.2, 0.25) is 0 Å². The van der Waals surface area contributed by atoms with Gasteiger partial charge in [-0.1, -0.05) is 37.3 Å². The number of benzene rings is 1. The van der Waals surface area contributed by atoms with Crippen LogP contribution in [0, 0.1) is 6.92 Å². The van der Waals surface area contributed by atoms with Gasteiger partial charge in [-0.05, 0) is 49.9 Å². The molecule has 2 heterocycles. The molecule has 0 saturated carbocycles. The van der Waals surface area contributed by atoms with Crippen LogP contribution in [0.15, 0.2) is 36.4 Å². The summed E-state index contributed by atoms with van der Waals surface area (Å²) in [6, 6.07) is 12.8. The number of hydrogen-bond acceptors (Lipinski definition) is 4. The Morgan fingerprint density at radius 2 is 1.79 bits per heavy atom. The summed E-state index contributed by atoms with van der Waals surface area (Å²) in [5.74, 6) is 0.0855. The van der Waals surface area contributed by atoms with E-state index >= 15 is 0 Å². The first-order chi connectivity index (χ1) is 13.7. The molecule has 1 amide bonds. The summed E-state index contributed by atoms with van der Waals surface area (Å²) in [7, 11) is 0. The molecule has 28 heavy (non-hydrogen) atoms. The first kappa shape index (κ1) is 21.0. The molecule has 1 saturated heterocycles. The molecule has 1 aromatic heterocycles. The zero-order valence-electron chi connectivity index (χ0n) is 17.2. The molecule has 0 aliphatic carbocycles. The molecule has 5 heteroatoms. The Morgan fingerprint density at radius 3 is 2.46 bits per heavy atom. The first-order valence-corrected chi connectivity index (χ1v) is 11.3. The third kappa shape index (κ3) is 6.16. The molecule has 2 aromatic rings. The third-order valence-electron chi connectivity index (χ3n) is 5.53. The van der Waals surface area contributed by atoms with Crippen molar-refractivity contribution in [3.63, 3.8) is 0 Å². The second kappa shape index (κ2) is 10.7. The Kier molecular flexibility index (Phi) is 8.07. The van der Waals surface area contributed by atoms with E-state index in [1.165, 1.54) is 16.0 Å². The molecule has 1 aliphatic rings. The van der Waals surface area contributed by atoms with Crippen LogP contribution < -0.4 is 5.32 Å². The van der Waals surface area contributed by atoms with E-state index in [-0.39, 0.29) is 5.91 Å². The van der Waals surface area contributed by atoms with Crippen molar-refractivity contribution in [2.75, 3.05) is 39.3 Å². The van der Waals surface area contributed by atoms with Crippen molar-refractivity contribution in [2.45, 2.75) is 39.7 Å². The summed E-state index contributed by atoms with van der Waals surface area (Å²) in [6.45, 7) is 11.8. The van der Waals surface area contributed by atoms with E-state index in [1.54, 1.807) is 11.3 Å². The highest BCUT2D eigenvalue weighted by Crippen LogP contribution is 2.21. The van der Waals surface area contributed by atoms with Crippen molar-refractivity contribution >= 4 is 17.2 Å². The van der Waals surface area contributed by atoms with Gasteiger partial charge >= 0.3 is 0 Å². The molecule has 1 N–H and O–H groups in total. The van der Waals surface area contributed by atoms with Gasteiger partial charge in [0, 0.05) is 44.1 Å². The number of aryl methyl sites for hydroxylation is 2. The number of thiophene rings is 1. The van der Waals surface area contributed by atoms with E-state index in [2.05, 4.69) is 59.3 Å². The van der Waals surface area contributed by atoms with Crippen LogP contribution in [0.25, 0.3) is 0 Å². The Hall–Kier alpha value is -1.69. The summed E-state index contributed by atoms with van der Waals surface area (Å²) in [5.41, 5.74) is 2.69. The number of rotatable bonds is 9. The molecule has 4 nitrogen and oxygen atoms in total. The molecule has 0 bridgehead atoms. The average molecular weight is 400 g/mol. The van der Waals surface area contributed by atoms with Gasteiger partial charge in [0.15, 0.2) is 0 Å². The van der Waals surface area contributed by atoms with Crippen molar-refractivity contribution in [1.29, 1.82) is 0 Å². The fraction of sp³-hybridized carbons (Fsp3) is 0.522. The Labute approximate surface area is 173 Å². The van der Waals surface area contributed by atoms with E-state index in [0.717, 1.165) is 70.0 Å². The number of carbonyl (C=O) groups excluding carboxylic acids is 1. The lowest BCUT2D eigenvalue weighted by Crippen LogP contribution is -2.46. The number of nitrogens with zero attached hydrogens (tertiary/aromatic N) is 2. The molecule has 0 radical (unpaired) electrons. The van der Waals surface area contributed by atoms with Crippen molar-refractivity contribution in [2.24, 2.45) is 0 Å². The van der Waals surface area contributed by atoms with Gasteiger partial charge in [-0.15, -0.1) is 11.3 Å². The normalized spacial score (nSPS) is 15.6. The average Bonchev–Trinajstić information content (AvgIpc) is 3.10.